The third-order valence-corrected chi connectivity index (χ3v) is 2.86. The molecule has 1 N–H and O–H groups in total. The van der Waals surface area contributed by atoms with E-state index in [1.807, 2.05) is 6.92 Å². The van der Waals surface area contributed by atoms with Crippen molar-refractivity contribution in [2.45, 2.75) is 51.4 Å². The smallest absolute Gasteiger partial charge is 0.112 e. The van der Waals surface area contributed by atoms with E-state index in [-0.39, 0.29) is 6.10 Å². The van der Waals surface area contributed by atoms with Gasteiger partial charge in [-0.2, -0.15) is 0 Å². The van der Waals surface area contributed by atoms with Crippen molar-refractivity contribution < 1.29 is 9.50 Å². The Morgan fingerprint density at radius 1 is 1.62 bits per heavy atom. The molecule has 2 nitrogen and oxygen atoms in total. The van der Waals surface area contributed by atoms with E-state index >= 15 is 0 Å². The molecule has 0 saturated carbocycles. The van der Waals surface area contributed by atoms with Crippen LogP contribution in [0.4, 0.5) is 4.39 Å². The highest BCUT2D eigenvalue weighted by molar-refractivity contribution is 4.79. The third kappa shape index (κ3) is 3.24. The summed E-state index contributed by atoms with van der Waals surface area (Å²) in [5.41, 5.74) is 0. The fourth-order valence-corrected chi connectivity index (χ4v) is 1.85. The number of aliphatic hydroxyl groups excluding tert-OH is 1. The fraction of sp³-hybridized carbons (Fsp3) is 1.00. The molecule has 1 heterocycles. The molecule has 1 aliphatic rings. The summed E-state index contributed by atoms with van der Waals surface area (Å²) in [5.74, 6) is 0. The molecule has 0 amide bonds. The second kappa shape index (κ2) is 4.91. The van der Waals surface area contributed by atoms with Crippen LogP contribution in [0.5, 0.6) is 0 Å². The summed E-state index contributed by atoms with van der Waals surface area (Å²) in [7, 11) is 0. The van der Waals surface area contributed by atoms with E-state index in [1.165, 1.54) is 0 Å². The number of nitrogens with zero attached hydrogens (tertiary/aromatic N) is 1. The average molecular weight is 189 g/mol. The van der Waals surface area contributed by atoms with Gasteiger partial charge in [0.05, 0.1) is 6.10 Å². The van der Waals surface area contributed by atoms with Gasteiger partial charge in [-0.15, -0.1) is 0 Å². The SMILES string of the molecule is CCC(F)CN1CCC(O)CC1C. The predicted octanol–water partition coefficient (Wildman–Crippen LogP) is 1.58. The van der Waals surface area contributed by atoms with E-state index in [4.69, 9.17) is 0 Å². The van der Waals surface area contributed by atoms with Crippen molar-refractivity contribution in [1.29, 1.82) is 0 Å². The third-order valence-electron chi connectivity index (χ3n) is 2.86. The first-order valence-electron chi connectivity index (χ1n) is 5.19. The molecule has 0 radical (unpaired) electrons. The minimum absolute atomic E-state index is 0.175. The summed E-state index contributed by atoms with van der Waals surface area (Å²) in [4.78, 5) is 2.14. The number of piperidine rings is 1. The number of hydrogen-bond acceptors (Lipinski definition) is 2. The maximum atomic E-state index is 13.1. The minimum atomic E-state index is -0.710. The monoisotopic (exact) mass is 189 g/mol. The lowest BCUT2D eigenvalue weighted by Gasteiger charge is -2.36. The molecule has 3 unspecified atom stereocenters. The maximum Gasteiger partial charge on any atom is 0.112 e. The van der Waals surface area contributed by atoms with Crippen molar-refractivity contribution in [3.63, 3.8) is 0 Å². The Morgan fingerprint density at radius 3 is 2.85 bits per heavy atom. The highest BCUT2D eigenvalue weighted by Crippen LogP contribution is 2.18. The highest BCUT2D eigenvalue weighted by Gasteiger charge is 2.25. The predicted molar refractivity (Wildman–Crippen MR) is 51.5 cm³/mol. The first-order chi connectivity index (χ1) is 6.13. The summed E-state index contributed by atoms with van der Waals surface area (Å²) in [5, 5.41) is 9.37. The van der Waals surface area contributed by atoms with Gasteiger partial charge in [-0.25, -0.2) is 4.39 Å². The van der Waals surface area contributed by atoms with Crippen molar-refractivity contribution in [3.8, 4) is 0 Å². The van der Waals surface area contributed by atoms with Crippen LogP contribution in [0.25, 0.3) is 0 Å². The zero-order valence-electron chi connectivity index (χ0n) is 8.54. The molecule has 1 saturated heterocycles. The van der Waals surface area contributed by atoms with Gasteiger partial charge in [0, 0.05) is 19.1 Å². The summed E-state index contributed by atoms with van der Waals surface area (Å²) in [6, 6.07) is 0.327. The van der Waals surface area contributed by atoms with Crippen LogP contribution in [0.3, 0.4) is 0 Å². The Morgan fingerprint density at radius 2 is 2.31 bits per heavy atom. The highest BCUT2D eigenvalue weighted by atomic mass is 19.1. The molecule has 0 aromatic carbocycles. The molecular weight excluding hydrogens is 169 g/mol. The van der Waals surface area contributed by atoms with Gasteiger partial charge in [0.2, 0.25) is 0 Å². The van der Waals surface area contributed by atoms with Crippen LogP contribution in [-0.4, -0.2) is 41.4 Å². The standard InChI is InChI=1S/C10H20FNO/c1-3-9(11)7-12-5-4-10(13)6-8(12)2/h8-10,13H,3-7H2,1-2H3. The first-order valence-corrected chi connectivity index (χ1v) is 5.19. The van der Waals surface area contributed by atoms with Gasteiger partial charge in [0.25, 0.3) is 0 Å². The topological polar surface area (TPSA) is 23.5 Å². The van der Waals surface area contributed by atoms with Gasteiger partial charge in [0.1, 0.15) is 6.17 Å². The first kappa shape index (κ1) is 10.9. The van der Waals surface area contributed by atoms with E-state index in [0.717, 1.165) is 19.4 Å². The molecule has 0 aromatic heterocycles. The van der Waals surface area contributed by atoms with Crippen LogP contribution in [-0.2, 0) is 0 Å². The van der Waals surface area contributed by atoms with Crippen LogP contribution in [0.15, 0.2) is 0 Å². The largest absolute Gasteiger partial charge is 0.393 e. The van der Waals surface area contributed by atoms with Gasteiger partial charge < -0.3 is 5.11 Å². The summed E-state index contributed by atoms with van der Waals surface area (Å²) in [6.45, 7) is 5.30. The van der Waals surface area contributed by atoms with Crippen molar-refractivity contribution in [2.75, 3.05) is 13.1 Å². The second-order valence-electron chi connectivity index (χ2n) is 4.03. The Labute approximate surface area is 79.7 Å². The minimum Gasteiger partial charge on any atom is -0.393 e. The van der Waals surface area contributed by atoms with Crippen LogP contribution >= 0.6 is 0 Å². The normalized spacial score (nSPS) is 33.2. The molecule has 0 spiro atoms. The molecule has 3 heteroatoms. The Hall–Kier alpha value is -0.150. The summed E-state index contributed by atoms with van der Waals surface area (Å²) >= 11 is 0. The summed E-state index contributed by atoms with van der Waals surface area (Å²) in [6.07, 6.45) is 1.28. The van der Waals surface area contributed by atoms with Gasteiger partial charge in [-0.1, -0.05) is 6.92 Å². The number of alkyl halides is 1. The summed E-state index contributed by atoms with van der Waals surface area (Å²) < 4.78 is 13.1. The van der Waals surface area contributed by atoms with E-state index < -0.39 is 6.17 Å². The molecule has 1 aliphatic heterocycles. The van der Waals surface area contributed by atoms with Crippen LogP contribution in [0.1, 0.15) is 33.1 Å². The van der Waals surface area contributed by atoms with Gasteiger partial charge in [-0.3, -0.25) is 4.90 Å². The van der Waals surface area contributed by atoms with Gasteiger partial charge in [-0.05, 0) is 26.2 Å². The molecule has 1 fully saturated rings. The maximum absolute atomic E-state index is 13.1. The molecule has 13 heavy (non-hydrogen) atoms. The Bertz CT molecular complexity index is 154. The number of aliphatic hydroxyl groups is 1. The molecule has 3 atom stereocenters. The van der Waals surface area contributed by atoms with E-state index in [9.17, 15) is 9.50 Å². The Balaban J connectivity index is 2.33. The van der Waals surface area contributed by atoms with Crippen LogP contribution in [0.2, 0.25) is 0 Å². The molecule has 78 valence electrons. The van der Waals surface area contributed by atoms with Crippen LogP contribution in [0, 0.1) is 0 Å². The van der Waals surface area contributed by atoms with Crippen LogP contribution < -0.4 is 0 Å². The number of likely N-dealkylation sites (tertiary alicyclic amines) is 1. The van der Waals surface area contributed by atoms with Crippen molar-refractivity contribution >= 4 is 0 Å². The second-order valence-corrected chi connectivity index (χ2v) is 4.03. The molecule has 0 aliphatic carbocycles. The van der Waals surface area contributed by atoms with Gasteiger partial charge in [0.15, 0.2) is 0 Å². The lowest BCUT2D eigenvalue weighted by molar-refractivity contribution is 0.0350. The zero-order valence-corrected chi connectivity index (χ0v) is 8.54. The fourth-order valence-electron chi connectivity index (χ4n) is 1.85. The lowest BCUT2D eigenvalue weighted by atomic mass is 10.0. The van der Waals surface area contributed by atoms with E-state index in [1.54, 1.807) is 0 Å². The number of halogens is 1. The number of rotatable bonds is 3. The quantitative estimate of drug-likeness (QED) is 0.728. The average Bonchev–Trinajstić information content (AvgIpc) is 2.09. The molecule has 0 aromatic rings. The van der Waals surface area contributed by atoms with Crippen molar-refractivity contribution in [1.82, 2.24) is 4.90 Å². The molecular formula is C10H20FNO. The van der Waals surface area contributed by atoms with Crippen molar-refractivity contribution in [3.05, 3.63) is 0 Å². The van der Waals surface area contributed by atoms with Crippen molar-refractivity contribution in [2.24, 2.45) is 0 Å². The lowest BCUT2D eigenvalue weighted by Crippen LogP contribution is -2.45. The van der Waals surface area contributed by atoms with E-state index in [2.05, 4.69) is 11.8 Å². The Kier molecular flexibility index (Phi) is 4.13. The molecule has 0 bridgehead atoms. The number of hydrogen-bond donors (Lipinski definition) is 1. The van der Waals surface area contributed by atoms with E-state index in [0.29, 0.717) is 19.0 Å². The molecule has 1 rings (SSSR count). The zero-order chi connectivity index (χ0) is 9.84. The van der Waals surface area contributed by atoms with Gasteiger partial charge >= 0.3 is 0 Å².